The summed E-state index contributed by atoms with van der Waals surface area (Å²) in [4.78, 5) is 40.4. The Hall–Kier alpha value is -3.97. The van der Waals surface area contributed by atoms with Gasteiger partial charge in [0.15, 0.2) is 0 Å². The largest absolute Gasteiger partial charge is 0.489 e. The van der Waals surface area contributed by atoms with Crippen LogP contribution in [0.4, 0.5) is 36.8 Å². The van der Waals surface area contributed by atoms with Gasteiger partial charge in [0.2, 0.25) is 5.91 Å². The number of benzene rings is 2. The molecule has 0 saturated carbocycles. The Bertz CT molecular complexity index is 1340. The maximum absolute atomic E-state index is 13.3. The van der Waals surface area contributed by atoms with Gasteiger partial charge in [-0.25, -0.2) is 4.79 Å². The summed E-state index contributed by atoms with van der Waals surface area (Å²) in [6, 6.07) is 6.34. The summed E-state index contributed by atoms with van der Waals surface area (Å²) in [5, 5.41) is 0. The van der Waals surface area contributed by atoms with Crippen molar-refractivity contribution in [1.82, 2.24) is 4.90 Å². The second kappa shape index (κ2) is 13.1. The lowest BCUT2D eigenvalue weighted by Crippen LogP contribution is -2.45. The van der Waals surface area contributed by atoms with Gasteiger partial charge in [-0.3, -0.25) is 14.5 Å². The molecule has 0 unspecified atom stereocenters. The zero-order chi connectivity index (χ0) is 32.2. The number of rotatable bonds is 9. The molecule has 0 fully saturated rings. The summed E-state index contributed by atoms with van der Waals surface area (Å²) in [5.41, 5.74) is -3.31. The highest BCUT2D eigenvalue weighted by Crippen LogP contribution is 2.41. The van der Waals surface area contributed by atoms with Gasteiger partial charge >= 0.3 is 24.4 Å². The first-order valence-electron chi connectivity index (χ1n) is 13.4. The maximum Gasteiger partial charge on any atom is 0.417 e. The number of alkyl halides is 6. The SMILES string of the molecule is CCOC(=O)CCN(CC(=O)N1CCc2cc(OCc3ccc(C(F)(F)F)c(C(F)(F)F)c3)ccc21)C(=O)OC(C)(C)C. The van der Waals surface area contributed by atoms with E-state index < -0.39 is 53.7 Å². The van der Waals surface area contributed by atoms with E-state index >= 15 is 0 Å². The molecule has 3 rings (SSSR count). The van der Waals surface area contributed by atoms with Crippen molar-refractivity contribution in [2.24, 2.45) is 0 Å². The van der Waals surface area contributed by atoms with Crippen molar-refractivity contribution < 1.29 is 54.9 Å². The van der Waals surface area contributed by atoms with E-state index in [0.717, 1.165) is 11.0 Å². The van der Waals surface area contributed by atoms with Crippen LogP contribution in [0.2, 0.25) is 0 Å². The normalized spacial score (nSPS) is 13.4. The Morgan fingerprint density at radius 1 is 0.930 bits per heavy atom. The minimum Gasteiger partial charge on any atom is -0.489 e. The third-order valence-corrected chi connectivity index (χ3v) is 6.22. The molecule has 43 heavy (non-hydrogen) atoms. The van der Waals surface area contributed by atoms with E-state index in [2.05, 4.69) is 0 Å². The van der Waals surface area contributed by atoms with E-state index in [9.17, 15) is 40.7 Å². The fourth-order valence-electron chi connectivity index (χ4n) is 4.33. The molecule has 0 radical (unpaired) electrons. The molecule has 14 heteroatoms. The minimum atomic E-state index is -5.21. The van der Waals surface area contributed by atoms with Gasteiger partial charge in [-0.15, -0.1) is 0 Å². The number of ether oxygens (including phenoxy) is 3. The molecule has 0 atom stereocenters. The van der Waals surface area contributed by atoms with Gasteiger partial charge in [-0.05, 0) is 75.6 Å². The molecule has 1 aliphatic heterocycles. The van der Waals surface area contributed by atoms with Gasteiger partial charge in [0.25, 0.3) is 0 Å². The Balaban J connectivity index is 1.71. The first-order chi connectivity index (χ1) is 19.9. The third-order valence-electron chi connectivity index (χ3n) is 6.22. The molecule has 2 aromatic carbocycles. The molecule has 2 amide bonds. The summed E-state index contributed by atoms with van der Waals surface area (Å²) in [5.74, 6) is -0.730. The molecular formula is C29H32F6N2O6. The van der Waals surface area contributed by atoms with Crippen LogP contribution >= 0.6 is 0 Å². The van der Waals surface area contributed by atoms with Gasteiger partial charge < -0.3 is 19.1 Å². The standard InChI is InChI=1S/C29H32F6N2O6/c1-5-41-25(39)11-12-36(26(40)43-27(2,3)4)16-24(38)37-13-10-19-15-20(7-9-23(19)37)42-17-18-6-8-21(28(30,31)32)22(14-18)29(33,34)35/h6-9,14-15H,5,10-13,16-17H2,1-4H3. The van der Waals surface area contributed by atoms with E-state index in [0.29, 0.717) is 29.8 Å². The molecule has 0 aromatic heterocycles. The number of hydrogen-bond donors (Lipinski definition) is 0. The number of carbonyl (C=O) groups excluding carboxylic acids is 3. The molecule has 0 spiro atoms. The Kier molecular flexibility index (Phi) is 10.2. The monoisotopic (exact) mass is 618 g/mol. The molecule has 0 saturated heterocycles. The van der Waals surface area contributed by atoms with Crippen LogP contribution < -0.4 is 9.64 Å². The van der Waals surface area contributed by atoms with Crippen molar-refractivity contribution >= 4 is 23.7 Å². The number of halogens is 6. The topological polar surface area (TPSA) is 85.4 Å². The highest BCUT2D eigenvalue weighted by Gasteiger charge is 2.43. The van der Waals surface area contributed by atoms with Crippen LogP contribution in [0.5, 0.6) is 5.75 Å². The fraction of sp³-hybridized carbons (Fsp3) is 0.483. The highest BCUT2D eigenvalue weighted by molar-refractivity contribution is 5.98. The van der Waals surface area contributed by atoms with Crippen LogP contribution in [-0.4, -0.2) is 54.7 Å². The Morgan fingerprint density at radius 2 is 1.60 bits per heavy atom. The smallest absolute Gasteiger partial charge is 0.417 e. The molecule has 0 aliphatic carbocycles. The van der Waals surface area contributed by atoms with Crippen LogP contribution in [0.3, 0.4) is 0 Å². The molecular weight excluding hydrogens is 586 g/mol. The summed E-state index contributed by atoms with van der Waals surface area (Å²) < 4.78 is 94.8. The summed E-state index contributed by atoms with van der Waals surface area (Å²) in [7, 11) is 0. The molecule has 2 aromatic rings. The predicted molar refractivity (Wildman–Crippen MR) is 142 cm³/mol. The zero-order valence-electron chi connectivity index (χ0n) is 24.0. The van der Waals surface area contributed by atoms with Crippen molar-refractivity contribution in [1.29, 1.82) is 0 Å². The van der Waals surface area contributed by atoms with Crippen LogP contribution in [-0.2, 0) is 44.4 Å². The number of hydrogen-bond acceptors (Lipinski definition) is 6. The van der Waals surface area contributed by atoms with Gasteiger partial charge in [0.05, 0.1) is 24.2 Å². The minimum absolute atomic E-state index is 0.104. The van der Waals surface area contributed by atoms with Crippen LogP contribution in [0.1, 0.15) is 56.4 Å². The highest BCUT2D eigenvalue weighted by atomic mass is 19.4. The molecule has 0 N–H and O–H groups in total. The van der Waals surface area contributed by atoms with Crippen molar-refractivity contribution in [3.05, 3.63) is 58.7 Å². The van der Waals surface area contributed by atoms with E-state index in [1.165, 1.54) is 11.0 Å². The number of amides is 2. The van der Waals surface area contributed by atoms with E-state index in [1.807, 2.05) is 0 Å². The van der Waals surface area contributed by atoms with Crippen LogP contribution in [0.25, 0.3) is 0 Å². The first kappa shape index (κ1) is 33.5. The van der Waals surface area contributed by atoms with Gasteiger partial charge in [-0.2, -0.15) is 26.3 Å². The second-order valence-corrected chi connectivity index (χ2v) is 10.7. The molecule has 8 nitrogen and oxygen atoms in total. The Morgan fingerprint density at radius 3 is 2.21 bits per heavy atom. The van der Waals surface area contributed by atoms with Crippen molar-refractivity contribution in [2.45, 2.75) is 65.1 Å². The zero-order valence-corrected chi connectivity index (χ0v) is 24.0. The summed E-state index contributed by atoms with van der Waals surface area (Å²) >= 11 is 0. The molecule has 236 valence electrons. The molecule has 1 aliphatic rings. The second-order valence-electron chi connectivity index (χ2n) is 10.7. The quantitative estimate of drug-likeness (QED) is 0.240. The predicted octanol–water partition coefficient (Wildman–Crippen LogP) is 6.38. The van der Waals surface area contributed by atoms with Gasteiger partial charge in [0.1, 0.15) is 24.5 Å². The summed E-state index contributed by atoms with van der Waals surface area (Å²) in [6.45, 7) is 6.18. The van der Waals surface area contributed by atoms with Crippen LogP contribution in [0.15, 0.2) is 36.4 Å². The summed E-state index contributed by atoms with van der Waals surface area (Å²) in [6.07, 6.45) is -10.9. The average molecular weight is 619 g/mol. The lowest BCUT2D eigenvalue weighted by Gasteiger charge is -2.28. The van der Waals surface area contributed by atoms with Gasteiger partial charge in [0, 0.05) is 18.8 Å². The number of esters is 1. The van der Waals surface area contributed by atoms with Crippen LogP contribution in [0, 0.1) is 0 Å². The first-order valence-corrected chi connectivity index (χ1v) is 13.4. The fourth-order valence-corrected chi connectivity index (χ4v) is 4.33. The van der Waals surface area contributed by atoms with Crippen molar-refractivity contribution in [3.63, 3.8) is 0 Å². The maximum atomic E-state index is 13.3. The van der Waals surface area contributed by atoms with E-state index in [1.54, 1.807) is 39.8 Å². The number of nitrogens with zero attached hydrogens (tertiary/aromatic N) is 2. The molecule has 1 heterocycles. The Labute approximate surface area is 244 Å². The average Bonchev–Trinajstić information content (AvgIpc) is 3.31. The number of carbonyl (C=O) groups is 3. The molecule has 0 bridgehead atoms. The lowest BCUT2D eigenvalue weighted by molar-refractivity contribution is -0.162. The van der Waals surface area contributed by atoms with Crippen molar-refractivity contribution in [3.8, 4) is 5.75 Å². The van der Waals surface area contributed by atoms with Crippen molar-refractivity contribution in [2.75, 3.05) is 31.1 Å². The number of anilines is 1. The number of fused-ring (bicyclic) bond motifs is 1. The lowest BCUT2D eigenvalue weighted by atomic mass is 10.0. The van der Waals surface area contributed by atoms with E-state index in [4.69, 9.17) is 14.2 Å². The third kappa shape index (κ3) is 9.26. The van der Waals surface area contributed by atoms with E-state index in [-0.39, 0.29) is 44.0 Å². The van der Waals surface area contributed by atoms with Gasteiger partial charge in [-0.1, -0.05) is 6.07 Å².